The normalized spacial score (nSPS) is 15.5. The van der Waals surface area contributed by atoms with Crippen molar-refractivity contribution in [2.45, 2.75) is 21.2 Å². The van der Waals surface area contributed by atoms with E-state index in [1.54, 1.807) is 12.2 Å². The Labute approximate surface area is 237 Å². The Morgan fingerprint density at radius 3 is 1.19 bits per heavy atom. The first-order chi connectivity index (χ1) is 17.7. The Hall–Kier alpha value is -2.73. The molecule has 2 nitrogen and oxygen atoms in total. The van der Waals surface area contributed by atoms with Crippen molar-refractivity contribution in [3.63, 3.8) is 0 Å². The predicted octanol–water partition coefficient (Wildman–Crippen LogP) is 8.94. The molecule has 5 heteroatoms. The van der Waals surface area contributed by atoms with E-state index in [-0.39, 0.29) is 0 Å². The van der Waals surface area contributed by atoms with Crippen LogP contribution in [0.25, 0.3) is 12.2 Å². The van der Waals surface area contributed by atoms with Gasteiger partial charge in [0.2, 0.25) is 0 Å². The maximum absolute atomic E-state index is 14.9. The molecule has 0 aromatic heterocycles. The molecule has 0 saturated heterocycles. The minimum Gasteiger partial charge on any atom is -0.225 e. The van der Waals surface area contributed by atoms with Gasteiger partial charge in [0.25, 0.3) is 0 Å². The van der Waals surface area contributed by atoms with Crippen molar-refractivity contribution in [1.82, 2.24) is 0 Å². The molecule has 0 heterocycles. The molecule has 0 radical (unpaired) electrons. The fourth-order valence-electron chi connectivity index (χ4n) is 3.99. The minimum atomic E-state index is -4.07. The van der Waals surface area contributed by atoms with Crippen LogP contribution in [0.2, 0.25) is 0 Å². The zero-order valence-corrected chi connectivity index (χ0v) is 24.7. The second-order valence-electron chi connectivity index (χ2n) is 9.01. The topological polar surface area (TPSA) is 34.1 Å². The third kappa shape index (κ3) is 5.74. The summed E-state index contributed by atoms with van der Waals surface area (Å²) in [5.74, 6) is 0. The van der Waals surface area contributed by atoms with Crippen LogP contribution in [0.3, 0.4) is 0 Å². The zero-order chi connectivity index (χ0) is 26.5. The van der Waals surface area contributed by atoms with Gasteiger partial charge in [0.15, 0.2) is 17.1 Å². The summed E-state index contributed by atoms with van der Waals surface area (Å²) in [5.41, 5.74) is 5.16. The first kappa shape index (κ1) is 27.3. The van der Waals surface area contributed by atoms with Gasteiger partial charge >= 0.3 is 0 Å². The van der Waals surface area contributed by atoms with Crippen LogP contribution in [-0.2, 0) is 17.1 Å². The molecule has 37 heavy (non-hydrogen) atoms. The standard InChI is InChI=1S/C32H28Br2O2S/c1-25-13-17-29(18-14-25)31(33,23-21-27-9-5-3-6-10-27)37(35,36)32(34,30-19-15-26(2)16-20-30)24-22-28-11-7-4-8-12-28/h3-24H,1-2H3/b23-21+,24-22+. The van der Waals surface area contributed by atoms with Crippen molar-refractivity contribution < 1.29 is 8.42 Å². The number of rotatable bonds is 8. The van der Waals surface area contributed by atoms with Gasteiger partial charge in [0.1, 0.15) is 0 Å². The van der Waals surface area contributed by atoms with Gasteiger partial charge in [-0.1, -0.05) is 164 Å². The fourth-order valence-corrected chi connectivity index (χ4v) is 8.79. The van der Waals surface area contributed by atoms with E-state index in [9.17, 15) is 8.42 Å². The van der Waals surface area contributed by atoms with Gasteiger partial charge in [-0.15, -0.1) is 0 Å². The predicted molar refractivity (Wildman–Crippen MR) is 163 cm³/mol. The molecule has 2 atom stereocenters. The Bertz CT molecular complexity index is 1380. The van der Waals surface area contributed by atoms with E-state index in [0.717, 1.165) is 22.3 Å². The van der Waals surface area contributed by atoms with Crippen LogP contribution < -0.4 is 0 Å². The van der Waals surface area contributed by atoms with Gasteiger partial charge in [-0.25, -0.2) is 8.42 Å². The molecule has 0 aliphatic carbocycles. The lowest BCUT2D eigenvalue weighted by Crippen LogP contribution is -2.40. The quantitative estimate of drug-likeness (QED) is 0.181. The summed E-state index contributed by atoms with van der Waals surface area (Å²) in [6.45, 7) is 3.97. The summed E-state index contributed by atoms with van der Waals surface area (Å²) >= 11 is 7.46. The van der Waals surface area contributed by atoms with Crippen molar-refractivity contribution >= 4 is 53.8 Å². The van der Waals surface area contributed by atoms with Crippen LogP contribution in [0.1, 0.15) is 33.4 Å². The van der Waals surface area contributed by atoms with E-state index in [0.29, 0.717) is 11.1 Å². The first-order valence-electron chi connectivity index (χ1n) is 11.9. The maximum atomic E-state index is 14.9. The van der Waals surface area contributed by atoms with E-state index < -0.39 is 17.1 Å². The largest absolute Gasteiger partial charge is 0.225 e. The minimum absolute atomic E-state index is 0.620. The Morgan fingerprint density at radius 1 is 0.541 bits per heavy atom. The lowest BCUT2D eigenvalue weighted by atomic mass is 10.1. The Morgan fingerprint density at radius 2 is 0.865 bits per heavy atom. The average molecular weight is 636 g/mol. The fraction of sp³-hybridized carbons (Fsp3) is 0.125. The van der Waals surface area contributed by atoms with Crippen LogP contribution in [-0.4, -0.2) is 8.42 Å². The van der Waals surface area contributed by atoms with Crippen molar-refractivity contribution in [3.8, 4) is 0 Å². The highest BCUT2D eigenvalue weighted by Crippen LogP contribution is 2.52. The van der Waals surface area contributed by atoms with Crippen LogP contribution in [0.4, 0.5) is 0 Å². The monoisotopic (exact) mass is 634 g/mol. The molecule has 0 fully saturated rings. The molecule has 2 unspecified atom stereocenters. The van der Waals surface area contributed by atoms with E-state index in [1.165, 1.54) is 0 Å². The lowest BCUT2D eigenvalue weighted by Gasteiger charge is -2.35. The second-order valence-corrected chi connectivity index (χ2v) is 14.9. The summed E-state index contributed by atoms with van der Waals surface area (Å²) < 4.78 is 26.7. The van der Waals surface area contributed by atoms with Crippen LogP contribution in [0.5, 0.6) is 0 Å². The molecule has 0 bridgehead atoms. The molecule has 0 N–H and O–H groups in total. The van der Waals surface area contributed by atoms with Crippen LogP contribution in [0, 0.1) is 13.8 Å². The zero-order valence-electron chi connectivity index (χ0n) is 20.7. The number of aryl methyl sites for hydroxylation is 2. The maximum Gasteiger partial charge on any atom is 0.197 e. The van der Waals surface area contributed by atoms with E-state index >= 15 is 0 Å². The molecule has 0 aliphatic rings. The number of hydrogen-bond acceptors (Lipinski definition) is 2. The van der Waals surface area contributed by atoms with E-state index in [2.05, 4.69) is 31.9 Å². The highest BCUT2D eigenvalue weighted by Gasteiger charge is 2.53. The molecule has 4 rings (SSSR count). The van der Waals surface area contributed by atoms with Gasteiger partial charge in [0, 0.05) is 0 Å². The number of halogens is 2. The van der Waals surface area contributed by atoms with Gasteiger partial charge < -0.3 is 0 Å². The third-order valence-electron chi connectivity index (χ3n) is 6.25. The summed E-state index contributed by atoms with van der Waals surface area (Å²) in [4.78, 5) is 0. The molecule has 4 aromatic carbocycles. The number of sulfone groups is 1. The van der Waals surface area contributed by atoms with Crippen molar-refractivity contribution in [1.29, 1.82) is 0 Å². The Kier molecular flexibility index (Phi) is 8.37. The van der Waals surface area contributed by atoms with Crippen molar-refractivity contribution in [3.05, 3.63) is 155 Å². The molecule has 4 aromatic rings. The summed E-state index contributed by atoms with van der Waals surface area (Å²) in [5, 5.41) is 0. The van der Waals surface area contributed by atoms with Crippen LogP contribution in [0.15, 0.2) is 121 Å². The summed E-state index contributed by atoms with van der Waals surface area (Å²) in [7, 11) is -4.07. The number of hydrogen-bond donors (Lipinski definition) is 0. The van der Waals surface area contributed by atoms with Crippen molar-refractivity contribution in [2.24, 2.45) is 0 Å². The Balaban J connectivity index is 1.95. The lowest BCUT2D eigenvalue weighted by molar-refractivity contribution is 0.578. The highest BCUT2D eigenvalue weighted by molar-refractivity contribution is 9.13. The highest BCUT2D eigenvalue weighted by atomic mass is 79.9. The van der Waals surface area contributed by atoms with E-state index in [4.69, 9.17) is 0 Å². The molecule has 0 amide bonds. The van der Waals surface area contributed by atoms with Crippen molar-refractivity contribution in [2.75, 3.05) is 0 Å². The van der Waals surface area contributed by atoms with Gasteiger partial charge in [-0.2, -0.15) is 0 Å². The van der Waals surface area contributed by atoms with Gasteiger partial charge in [0.05, 0.1) is 0 Å². The number of alkyl halides is 2. The molecular weight excluding hydrogens is 608 g/mol. The average Bonchev–Trinajstić information content (AvgIpc) is 2.92. The molecule has 0 spiro atoms. The van der Waals surface area contributed by atoms with Gasteiger partial charge in [-0.05, 0) is 48.3 Å². The van der Waals surface area contributed by atoms with Crippen LogP contribution >= 0.6 is 31.9 Å². The number of benzene rings is 4. The smallest absolute Gasteiger partial charge is 0.197 e. The summed E-state index contributed by atoms with van der Waals surface area (Å²) in [6, 6.07) is 34.5. The SMILES string of the molecule is Cc1ccc(C(Br)(/C=C/c2ccccc2)S(=O)(=O)C(Br)(/C=C/c2ccccc2)c2ccc(C)cc2)cc1. The molecular formula is C32H28Br2O2S. The first-order valence-corrected chi connectivity index (χ1v) is 15.0. The van der Waals surface area contributed by atoms with E-state index in [1.807, 2.05) is 135 Å². The molecule has 0 aliphatic heterocycles. The van der Waals surface area contributed by atoms with Gasteiger partial charge in [-0.3, -0.25) is 0 Å². The molecule has 188 valence electrons. The second kappa shape index (κ2) is 11.3. The summed E-state index contributed by atoms with van der Waals surface area (Å²) in [6.07, 6.45) is 7.14. The molecule has 0 saturated carbocycles. The third-order valence-corrected chi connectivity index (χ3v) is 12.6.